The van der Waals surface area contributed by atoms with Crippen LogP contribution in [0, 0.1) is 6.92 Å². The molecule has 2 aromatic carbocycles. The molecule has 0 heterocycles. The molecule has 0 aliphatic heterocycles. The van der Waals surface area contributed by atoms with E-state index in [1.807, 2.05) is 6.92 Å². The molecule has 1 saturated carbocycles. The maximum atomic E-state index is 12.6. The van der Waals surface area contributed by atoms with Crippen LogP contribution in [0.25, 0.3) is 0 Å². The van der Waals surface area contributed by atoms with Gasteiger partial charge in [-0.3, -0.25) is 9.52 Å². The van der Waals surface area contributed by atoms with Gasteiger partial charge in [0.1, 0.15) is 0 Å². The van der Waals surface area contributed by atoms with Gasteiger partial charge in [-0.25, -0.2) is 8.42 Å². The minimum atomic E-state index is -3.74. The fourth-order valence-corrected chi connectivity index (χ4v) is 4.46. The molecule has 5 nitrogen and oxygen atoms in total. The number of hydrogen-bond acceptors (Lipinski definition) is 3. The SMILES string of the molecule is Cc1ccc(S(=O)(=O)Nc2ccc(Cl)c(C(=O)NC3CCCCC3)c2)cc1. The molecular weight excluding hydrogens is 384 g/mol. The van der Waals surface area contributed by atoms with Crippen molar-refractivity contribution >= 4 is 33.2 Å². The molecule has 3 rings (SSSR count). The zero-order chi connectivity index (χ0) is 19.4. The number of anilines is 1. The van der Waals surface area contributed by atoms with E-state index in [4.69, 9.17) is 11.6 Å². The average molecular weight is 407 g/mol. The Bertz CT molecular complexity index is 921. The van der Waals surface area contributed by atoms with Crippen LogP contribution in [0.1, 0.15) is 48.0 Å². The second-order valence-electron chi connectivity index (χ2n) is 6.92. The van der Waals surface area contributed by atoms with Gasteiger partial charge in [0.15, 0.2) is 0 Å². The first-order valence-corrected chi connectivity index (χ1v) is 10.9. The first-order chi connectivity index (χ1) is 12.8. The van der Waals surface area contributed by atoms with Gasteiger partial charge >= 0.3 is 0 Å². The zero-order valence-electron chi connectivity index (χ0n) is 15.2. The van der Waals surface area contributed by atoms with Crippen molar-refractivity contribution in [3.8, 4) is 0 Å². The summed E-state index contributed by atoms with van der Waals surface area (Å²) in [5, 5.41) is 3.30. The molecule has 27 heavy (non-hydrogen) atoms. The number of carbonyl (C=O) groups is 1. The Kier molecular flexibility index (Phi) is 6.07. The number of halogens is 1. The Morgan fingerprint density at radius 3 is 2.37 bits per heavy atom. The summed E-state index contributed by atoms with van der Waals surface area (Å²) < 4.78 is 27.6. The number of aryl methyl sites for hydroxylation is 1. The first-order valence-electron chi connectivity index (χ1n) is 9.05. The van der Waals surface area contributed by atoms with Crippen molar-refractivity contribution in [3.05, 3.63) is 58.6 Å². The van der Waals surface area contributed by atoms with Crippen LogP contribution in [0.4, 0.5) is 5.69 Å². The Balaban J connectivity index is 1.78. The summed E-state index contributed by atoms with van der Waals surface area (Å²) in [6, 6.07) is 11.3. The molecule has 1 fully saturated rings. The van der Waals surface area contributed by atoms with E-state index in [2.05, 4.69) is 10.0 Å². The number of rotatable bonds is 5. The number of hydrogen-bond donors (Lipinski definition) is 2. The quantitative estimate of drug-likeness (QED) is 0.766. The van der Waals surface area contributed by atoms with E-state index in [-0.39, 0.29) is 22.4 Å². The lowest BCUT2D eigenvalue weighted by atomic mass is 9.95. The molecule has 0 aromatic heterocycles. The summed E-state index contributed by atoms with van der Waals surface area (Å²) in [6.07, 6.45) is 5.33. The Labute approximate surface area is 165 Å². The molecule has 2 aromatic rings. The van der Waals surface area contributed by atoms with Crippen LogP contribution in [0.15, 0.2) is 47.4 Å². The smallest absolute Gasteiger partial charge is 0.261 e. The number of sulfonamides is 1. The van der Waals surface area contributed by atoms with Gasteiger partial charge in [0, 0.05) is 11.7 Å². The number of benzene rings is 2. The largest absolute Gasteiger partial charge is 0.349 e. The van der Waals surface area contributed by atoms with Crippen LogP contribution >= 0.6 is 11.6 Å². The van der Waals surface area contributed by atoms with E-state index in [0.29, 0.717) is 10.7 Å². The molecule has 1 aliphatic carbocycles. The number of amides is 1. The molecule has 144 valence electrons. The van der Waals surface area contributed by atoms with Gasteiger partial charge in [-0.15, -0.1) is 0 Å². The van der Waals surface area contributed by atoms with Crippen molar-refractivity contribution < 1.29 is 13.2 Å². The molecule has 0 unspecified atom stereocenters. The summed E-state index contributed by atoms with van der Waals surface area (Å²) in [5.74, 6) is -0.275. The maximum Gasteiger partial charge on any atom is 0.261 e. The van der Waals surface area contributed by atoms with Crippen molar-refractivity contribution in [2.45, 2.75) is 50.0 Å². The predicted octanol–water partition coefficient (Wildman–Crippen LogP) is 4.51. The van der Waals surface area contributed by atoms with Gasteiger partial charge in [0.05, 0.1) is 15.5 Å². The molecule has 1 aliphatic rings. The van der Waals surface area contributed by atoms with Gasteiger partial charge in [-0.1, -0.05) is 48.6 Å². The molecule has 2 N–H and O–H groups in total. The van der Waals surface area contributed by atoms with E-state index < -0.39 is 10.0 Å². The second kappa shape index (κ2) is 8.31. The lowest BCUT2D eigenvalue weighted by Gasteiger charge is -2.23. The highest BCUT2D eigenvalue weighted by atomic mass is 35.5. The van der Waals surface area contributed by atoms with Crippen LogP contribution in [0.2, 0.25) is 5.02 Å². The zero-order valence-corrected chi connectivity index (χ0v) is 16.7. The van der Waals surface area contributed by atoms with Crippen molar-refractivity contribution in [3.63, 3.8) is 0 Å². The van der Waals surface area contributed by atoms with Gasteiger partial charge in [0.2, 0.25) is 0 Å². The van der Waals surface area contributed by atoms with Crippen molar-refractivity contribution in [1.82, 2.24) is 5.32 Å². The maximum absolute atomic E-state index is 12.6. The fourth-order valence-electron chi connectivity index (χ4n) is 3.20. The van der Waals surface area contributed by atoms with Gasteiger partial charge < -0.3 is 5.32 Å². The minimum Gasteiger partial charge on any atom is -0.349 e. The monoisotopic (exact) mass is 406 g/mol. The average Bonchev–Trinajstić information content (AvgIpc) is 2.64. The highest BCUT2D eigenvalue weighted by molar-refractivity contribution is 7.92. The lowest BCUT2D eigenvalue weighted by Crippen LogP contribution is -2.36. The Hall–Kier alpha value is -2.05. The summed E-state index contributed by atoms with van der Waals surface area (Å²) in [5.41, 5.74) is 1.54. The van der Waals surface area contributed by atoms with Crippen LogP contribution in [-0.2, 0) is 10.0 Å². The molecule has 0 bridgehead atoms. The standard InChI is InChI=1S/C20H23ClN2O3S/c1-14-7-10-17(11-8-14)27(25,26)23-16-9-12-19(21)18(13-16)20(24)22-15-5-3-2-4-6-15/h7-13,15,23H,2-6H2,1H3,(H,22,24). The van der Waals surface area contributed by atoms with Crippen molar-refractivity contribution in [2.24, 2.45) is 0 Å². The molecule has 0 spiro atoms. The van der Waals surface area contributed by atoms with Gasteiger partial charge in [-0.05, 0) is 50.1 Å². The third-order valence-electron chi connectivity index (χ3n) is 4.73. The lowest BCUT2D eigenvalue weighted by molar-refractivity contribution is 0.0928. The molecule has 0 atom stereocenters. The van der Waals surface area contributed by atoms with Crippen LogP contribution in [0.3, 0.4) is 0 Å². The summed E-state index contributed by atoms with van der Waals surface area (Å²) in [4.78, 5) is 12.7. The van der Waals surface area contributed by atoms with Crippen LogP contribution in [-0.4, -0.2) is 20.4 Å². The summed E-state index contributed by atoms with van der Waals surface area (Å²) in [6.45, 7) is 1.89. The molecule has 0 saturated heterocycles. The second-order valence-corrected chi connectivity index (χ2v) is 9.01. The van der Waals surface area contributed by atoms with E-state index in [0.717, 1.165) is 31.2 Å². The van der Waals surface area contributed by atoms with Gasteiger partial charge in [-0.2, -0.15) is 0 Å². The third-order valence-corrected chi connectivity index (χ3v) is 6.46. The van der Waals surface area contributed by atoms with E-state index in [1.165, 1.54) is 18.6 Å². The van der Waals surface area contributed by atoms with Gasteiger partial charge in [0.25, 0.3) is 15.9 Å². The minimum absolute atomic E-state index is 0.148. The number of carbonyl (C=O) groups excluding carboxylic acids is 1. The molecule has 0 radical (unpaired) electrons. The van der Waals surface area contributed by atoms with Crippen molar-refractivity contribution in [2.75, 3.05) is 4.72 Å². The predicted molar refractivity (Wildman–Crippen MR) is 108 cm³/mol. The fraction of sp³-hybridized carbons (Fsp3) is 0.350. The van der Waals surface area contributed by atoms with E-state index in [1.54, 1.807) is 30.3 Å². The summed E-state index contributed by atoms with van der Waals surface area (Å²) in [7, 11) is -3.74. The number of nitrogens with one attached hydrogen (secondary N) is 2. The normalized spacial score (nSPS) is 15.3. The summed E-state index contributed by atoms with van der Waals surface area (Å²) >= 11 is 6.18. The van der Waals surface area contributed by atoms with Crippen molar-refractivity contribution in [1.29, 1.82) is 0 Å². The topological polar surface area (TPSA) is 75.3 Å². The molecule has 7 heteroatoms. The van der Waals surface area contributed by atoms with E-state index >= 15 is 0 Å². The Morgan fingerprint density at radius 2 is 1.70 bits per heavy atom. The molecular formula is C20H23ClN2O3S. The van der Waals surface area contributed by atoms with Crippen LogP contribution in [0.5, 0.6) is 0 Å². The highest BCUT2D eigenvalue weighted by Gasteiger charge is 2.20. The van der Waals surface area contributed by atoms with E-state index in [9.17, 15) is 13.2 Å². The third kappa shape index (κ3) is 5.02. The van der Waals surface area contributed by atoms with Crippen LogP contribution < -0.4 is 10.0 Å². The molecule has 1 amide bonds. The highest BCUT2D eigenvalue weighted by Crippen LogP contribution is 2.24. The Morgan fingerprint density at radius 1 is 1.04 bits per heavy atom. The first kappa shape index (κ1) is 19.7.